The van der Waals surface area contributed by atoms with Gasteiger partial charge in [-0.3, -0.25) is 10.1 Å². The van der Waals surface area contributed by atoms with Crippen LogP contribution in [0.1, 0.15) is 5.56 Å². The van der Waals surface area contributed by atoms with Crippen molar-refractivity contribution in [3.05, 3.63) is 33.6 Å². The fourth-order valence-corrected chi connectivity index (χ4v) is 1.41. The van der Waals surface area contributed by atoms with Crippen molar-refractivity contribution in [2.24, 2.45) is 0 Å². The van der Waals surface area contributed by atoms with E-state index >= 15 is 0 Å². The summed E-state index contributed by atoms with van der Waals surface area (Å²) < 4.78 is 32.8. The van der Waals surface area contributed by atoms with E-state index in [1.807, 2.05) is 0 Å². The summed E-state index contributed by atoms with van der Waals surface area (Å²) in [6.07, 6.45) is 0. The highest BCUT2D eigenvalue weighted by Crippen LogP contribution is 2.33. The van der Waals surface area contributed by atoms with E-state index in [4.69, 9.17) is 4.89 Å². The number of rotatable bonds is 5. The van der Waals surface area contributed by atoms with Crippen LogP contribution in [-0.4, -0.2) is 16.9 Å². The molecule has 0 fully saturated rings. The van der Waals surface area contributed by atoms with E-state index < -0.39 is 37.0 Å². The highest BCUT2D eigenvalue weighted by molar-refractivity contribution is 7.32. The summed E-state index contributed by atoms with van der Waals surface area (Å²) >= 11 is 0. The first-order valence-electron chi connectivity index (χ1n) is 4.26. The van der Waals surface area contributed by atoms with Gasteiger partial charge < -0.3 is 4.74 Å². The van der Waals surface area contributed by atoms with Crippen molar-refractivity contribution in [1.82, 2.24) is 0 Å². The zero-order valence-corrected chi connectivity index (χ0v) is 9.52. The second-order valence-corrected chi connectivity index (χ2v) is 3.59. The first kappa shape index (κ1) is 13.4. The Morgan fingerprint density at radius 2 is 2.24 bits per heavy atom. The third-order valence-electron chi connectivity index (χ3n) is 1.89. The molecule has 0 aliphatic carbocycles. The van der Waals surface area contributed by atoms with Crippen LogP contribution in [-0.2, 0) is 15.7 Å². The molecule has 0 spiro atoms. The summed E-state index contributed by atoms with van der Waals surface area (Å²) in [6.45, 7) is -0.480. The smallest absolute Gasteiger partial charge is 0.488 e. The largest absolute Gasteiger partial charge is 0.695 e. The van der Waals surface area contributed by atoms with E-state index in [0.29, 0.717) is 0 Å². The molecule has 1 atom stereocenters. The molecule has 7 nitrogen and oxygen atoms in total. The number of nitro benzene ring substituents is 1. The number of benzene rings is 1. The van der Waals surface area contributed by atoms with Gasteiger partial charge in [0.2, 0.25) is 5.75 Å². The Morgan fingerprint density at radius 3 is 2.71 bits per heavy atom. The molecule has 0 bridgehead atoms. The van der Waals surface area contributed by atoms with Gasteiger partial charge in [-0.25, -0.2) is 4.39 Å². The Balaban J connectivity index is 3.11. The Kier molecular flexibility index (Phi) is 4.45. The minimum Gasteiger partial charge on any atom is -0.488 e. The molecular formula is C8H8FNO6P+. The van der Waals surface area contributed by atoms with Gasteiger partial charge in [-0.2, -0.15) is 0 Å². The molecule has 92 valence electrons. The summed E-state index contributed by atoms with van der Waals surface area (Å²) in [5.74, 6) is -1.53. The van der Waals surface area contributed by atoms with Crippen molar-refractivity contribution in [2.45, 2.75) is 6.61 Å². The molecule has 1 rings (SSSR count). The van der Waals surface area contributed by atoms with E-state index in [9.17, 15) is 19.1 Å². The second kappa shape index (κ2) is 5.62. The molecule has 1 aromatic carbocycles. The monoisotopic (exact) mass is 264 g/mol. The van der Waals surface area contributed by atoms with Crippen LogP contribution in [0, 0.1) is 15.9 Å². The van der Waals surface area contributed by atoms with Crippen molar-refractivity contribution in [3.63, 3.8) is 0 Å². The summed E-state index contributed by atoms with van der Waals surface area (Å²) in [4.78, 5) is 18.2. The standard InChI is InChI=1S/C8H7FNO6P/c1-15-8-6(10(11)12)3-2-5(7(8)9)4-16-17(13)14/h2-3H,4H2,1H3/p+1. The molecule has 1 aromatic rings. The molecule has 0 saturated heterocycles. The lowest BCUT2D eigenvalue weighted by atomic mass is 10.2. The first-order chi connectivity index (χ1) is 7.97. The number of nitrogens with zero attached hydrogens (tertiary/aromatic N) is 1. The van der Waals surface area contributed by atoms with Crippen molar-refractivity contribution < 1.29 is 28.0 Å². The van der Waals surface area contributed by atoms with Gasteiger partial charge in [-0.15, -0.1) is 9.42 Å². The minimum atomic E-state index is -2.86. The van der Waals surface area contributed by atoms with Crippen molar-refractivity contribution >= 4 is 13.9 Å². The molecule has 9 heteroatoms. The molecule has 0 aliphatic heterocycles. The molecule has 0 heterocycles. The van der Waals surface area contributed by atoms with Crippen LogP contribution in [0.4, 0.5) is 10.1 Å². The molecule has 17 heavy (non-hydrogen) atoms. The summed E-state index contributed by atoms with van der Waals surface area (Å²) in [7, 11) is -1.78. The van der Waals surface area contributed by atoms with Gasteiger partial charge in [0.15, 0.2) is 5.82 Å². The maximum Gasteiger partial charge on any atom is 0.695 e. The van der Waals surface area contributed by atoms with Gasteiger partial charge in [0, 0.05) is 16.2 Å². The maximum atomic E-state index is 13.7. The second-order valence-electron chi connectivity index (χ2n) is 2.86. The van der Waals surface area contributed by atoms with E-state index in [2.05, 4.69) is 9.26 Å². The lowest BCUT2D eigenvalue weighted by Crippen LogP contribution is -2.00. The van der Waals surface area contributed by atoms with Gasteiger partial charge >= 0.3 is 13.9 Å². The average Bonchev–Trinajstić information content (AvgIpc) is 2.26. The minimum absolute atomic E-state index is 0.107. The molecule has 0 radical (unpaired) electrons. The zero-order chi connectivity index (χ0) is 13.0. The van der Waals surface area contributed by atoms with Crippen LogP contribution in [0.15, 0.2) is 12.1 Å². The fraction of sp³-hybridized carbons (Fsp3) is 0.250. The third kappa shape index (κ3) is 3.16. The van der Waals surface area contributed by atoms with E-state index in [1.54, 1.807) is 0 Å². The summed E-state index contributed by atoms with van der Waals surface area (Å²) in [5, 5.41) is 10.6. The average molecular weight is 264 g/mol. The number of methoxy groups -OCH3 is 1. The van der Waals surface area contributed by atoms with E-state index in [0.717, 1.165) is 19.2 Å². The predicted octanol–water partition coefficient (Wildman–Crippen LogP) is 1.91. The fourth-order valence-electron chi connectivity index (χ4n) is 1.16. The molecule has 0 aromatic heterocycles. The first-order valence-corrected chi connectivity index (χ1v) is 5.39. The summed E-state index contributed by atoms with van der Waals surface area (Å²) in [5.41, 5.74) is -0.632. The van der Waals surface area contributed by atoms with Crippen molar-refractivity contribution in [3.8, 4) is 5.75 Å². The number of hydrogen-bond donors (Lipinski definition) is 1. The van der Waals surface area contributed by atoms with E-state index in [1.165, 1.54) is 0 Å². The van der Waals surface area contributed by atoms with Crippen LogP contribution in [0.3, 0.4) is 0 Å². The Bertz CT molecular complexity index is 466. The van der Waals surface area contributed by atoms with E-state index in [-0.39, 0.29) is 5.56 Å². The zero-order valence-electron chi connectivity index (χ0n) is 8.62. The normalized spacial score (nSPS) is 11.1. The highest BCUT2D eigenvalue weighted by Gasteiger charge is 2.24. The lowest BCUT2D eigenvalue weighted by Gasteiger charge is -2.05. The van der Waals surface area contributed by atoms with Gasteiger partial charge in [0.1, 0.15) is 6.61 Å². The Labute approximate surface area is 95.9 Å². The van der Waals surface area contributed by atoms with Gasteiger partial charge in [-0.1, -0.05) is 0 Å². The lowest BCUT2D eigenvalue weighted by molar-refractivity contribution is -0.386. The van der Waals surface area contributed by atoms with Gasteiger partial charge in [0.25, 0.3) is 0 Å². The number of halogens is 1. The Morgan fingerprint density at radius 1 is 1.59 bits per heavy atom. The van der Waals surface area contributed by atoms with Crippen LogP contribution >= 0.6 is 8.25 Å². The maximum absolute atomic E-state index is 13.7. The Hall–Kier alpha value is -1.63. The molecule has 1 N–H and O–H groups in total. The molecule has 1 unspecified atom stereocenters. The molecule has 0 saturated carbocycles. The molecular weight excluding hydrogens is 256 g/mol. The SMILES string of the molecule is COc1c([N+](=O)[O-])ccc(CO[P+](=O)O)c1F. The molecule has 0 aliphatic rings. The number of hydrogen-bond acceptors (Lipinski definition) is 5. The molecule has 0 amide bonds. The predicted molar refractivity (Wildman–Crippen MR) is 54.2 cm³/mol. The summed E-state index contributed by atoms with van der Waals surface area (Å²) in [6, 6.07) is 2.12. The van der Waals surface area contributed by atoms with Crippen LogP contribution in [0.5, 0.6) is 5.75 Å². The quantitative estimate of drug-likeness (QED) is 0.495. The highest BCUT2D eigenvalue weighted by atomic mass is 31.1. The number of ether oxygens (including phenoxy) is 1. The van der Waals surface area contributed by atoms with Crippen LogP contribution in [0.25, 0.3) is 0 Å². The van der Waals surface area contributed by atoms with Gasteiger partial charge in [0.05, 0.1) is 12.0 Å². The van der Waals surface area contributed by atoms with Crippen LogP contribution in [0.2, 0.25) is 0 Å². The topological polar surface area (TPSA) is 98.9 Å². The third-order valence-corrected chi connectivity index (χ3v) is 2.24. The van der Waals surface area contributed by atoms with Gasteiger partial charge in [-0.05, 0) is 6.07 Å². The number of nitro groups is 1. The van der Waals surface area contributed by atoms with Crippen molar-refractivity contribution in [1.29, 1.82) is 0 Å². The van der Waals surface area contributed by atoms with Crippen LogP contribution < -0.4 is 4.74 Å². The van der Waals surface area contributed by atoms with Crippen molar-refractivity contribution in [2.75, 3.05) is 7.11 Å².